The summed E-state index contributed by atoms with van der Waals surface area (Å²) in [5.74, 6) is 1.34. The Bertz CT molecular complexity index is 1450. The van der Waals surface area contributed by atoms with Crippen LogP contribution >= 0.6 is 86.9 Å². The van der Waals surface area contributed by atoms with E-state index in [4.69, 9.17) is 32.7 Å². The number of carbonyl (C=O) groups excluding carboxylic acids is 2. The maximum Gasteiger partial charge on any atom is 2.00 e. The van der Waals surface area contributed by atoms with Crippen LogP contribution in [0.5, 0.6) is 11.5 Å². The summed E-state index contributed by atoms with van der Waals surface area (Å²) >= 11 is 25.7. The van der Waals surface area contributed by atoms with Crippen molar-refractivity contribution >= 4 is 99.0 Å². The van der Waals surface area contributed by atoms with Crippen molar-refractivity contribution in [2.75, 3.05) is 39.4 Å². The van der Waals surface area contributed by atoms with Crippen LogP contribution in [0.4, 0.5) is 9.59 Å². The maximum absolute atomic E-state index is 12.5. The SMILES string of the molecule is CCCCN(CCOc1c(Br)cc(Cl)cc1Br)C(=O)n1ccnc1.CCCCN(CCOc1c(Br)cc(Cl)cc1Br)C(=O)n1ccnc1.[Cl-].[Cl-].[Cu+2]. The van der Waals surface area contributed by atoms with Gasteiger partial charge in [0.05, 0.1) is 31.0 Å². The van der Waals surface area contributed by atoms with Gasteiger partial charge in [-0.25, -0.2) is 19.6 Å². The first-order valence-electron chi connectivity index (χ1n) is 15.1. The summed E-state index contributed by atoms with van der Waals surface area (Å²) in [6.45, 7) is 7.28. The van der Waals surface area contributed by atoms with E-state index < -0.39 is 0 Å². The van der Waals surface area contributed by atoms with Crippen LogP contribution in [0.1, 0.15) is 39.5 Å². The van der Waals surface area contributed by atoms with Gasteiger partial charge < -0.3 is 44.1 Å². The van der Waals surface area contributed by atoms with E-state index in [-0.39, 0.29) is 53.9 Å². The standard InChI is InChI=1S/2C16H18Br2ClN3O2.2ClH.Cu/c2*1-2-3-5-21(16(23)22-6-4-20-11-22)7-8-24-15-13(17)9-12(19)10-14(15)18;;;/h2*4,6,9-11H,2-3,5,7-8H2,1H3;2*1H;/q;;;;+2/p-2. The van der Waals surface area contributed by atoms with Gasteiger partial charge in [-0.05, 0) is 101 Å². The minimum absolute atomic E-state index is 0. The van der Waals surface area contributed by atoms with Crippen molar-refractivity contribution < 1.29 is 60.9 Å². The van der Waals surface area contributed by atoms with Crippen LogP contribution in [-0.4, -0.2) is 80.4 Å². The third-order valence-electron chi connectivity index (χ3n) is 6.70. The van der Waals surface area contributed by atoms with Crippen LogP contribution in [0.25, 0.3) is 0 Å². The van der Waals surface area contributed by atoms with Gasteiger partial charge in [0.2, 0.25) is 0 Å². The predicted octanol–water partition coefficient (Wildman–Crippen LogP) is 4.43. The molecule has 1 radical (unpaired) electrons. The molecule has 0 saturated carbocycles. The van der Waals surface area contributed by atoms with Gasteiger partial charge >= 0.3 is 29.1 Å². The molecule has 0 aliphatic heterocycles. The van der Waals surface area contributed by atoms with Gasteiger partial charge in [0.25, 0.3) is 0 Å². The number of carbonyl (C=O) groups is 2. The topological polar surface area (TPSA) is 94.7 Å². The fraction of sp³-hybridized carbons (Fsp3) is 0.375. The Morgan fingerprint density at radius 1 is 0.667 bits per heavy atom. The molecule has 4 aromatic rings. The molecule has 0 saturated heterocycles. The smallest absolute Gasteiger partial charge is 1.00 e. The Labute approximate surface area is 365 Å². The van der Waals surface area contributed by atoms with Crippen molar-refractivity contribution in [3.8, 4) is 11.5 Å². The van der Waals surface area contributed by atoms with Gasteiger partial charge in [0.15, 0.2) is 0 Å². The molecule has 0 bridgehead atoms. The number of hydrogen-bond donors (Lipinski definition) is 0. The second-order valence-corrected chi connectivity index (χ2v) is 14.6. The van der Waals surface area contributed by atoms with E-state index in [0.717, 1.165) is 43.6 Å². The quantitative estimate of drug-likeness (QED) is 0.174. The van der Waals surface area contributed by atoms with Crippen molar-refractivity contribution in [1.29, 1.82) is 0 Å². The van der Waals surface area contributed by atoms with Gasteiger partial charge in [0, 0.05) is 47.9 Å². The summed E-state index contributed by atoms with van der Waals surface area (Å²) in [6, 6.07) is 6.89. The van der Waals surface area contributed by atoms with E-state index in [1.807, 2.05) is 0 Å². The second kappa shape index (κ2) is 26.7. The molecule has 0 fully saturated rings. The summed E-state index contributed by atoms with van der Waals surface area (Å²) in [5.41, 5.74) is 0. The van der Waals surface area contributed by atoms with Crippen LogP contribution in [0.15, 0.2) is 79.6 Å². The largest absolute Gasteiger partial charge is 2.00 e. The second-order valence-electron chi connectivity index (χ2n) is 10.3. The van der Waals surface area contributed by atoms with E-state index in [2.05, 4.69) is 87.5 Å². The van der Waals surface area contributed by atoms with Gasteiger partial charge in [-0.15, -0.1) is 0 Å². The van der Waals surface area contributed by atoms with Gasteiger partial charge in [-0.1, -0.05) is 49.9 Å². The number of benzene rings is 2. The molecule has 0 N–H and O–H groups in total. The molecule has 4 rings (SSSR count). The van der Waals surface area contributed by atoms with Gasteiger partial charge in [0.1, 0.15) is 37.4 Å². The summed E-state index contributed by atoms with van der Waals surface area (Å²) in [5, 5.41) is 1.22. The van der Waals surface area contributed by atoms with Gasteiger partial charge in [-0.2, -0.15) is 0 Å². The van der Waals surface area contributed by atoms with Crippen molar-refractivity contribution in [2.45, 2.75) is 39.5 Å². The van der Waals surface area contributed by atoms with E-state index in [1.165, 1.54) is 21.8 Å². The molecule has 0 aliphatic carbocycles. The van der Waals surface area contributed by atoms with Crippen molar-refractivity contribution in [3.63, 3.8) is 0 Å². The third-order valence-corrected chi connectivity index (χ3v) is 9.49. The number of hydrogen-bond acceptors (Lipinski definition) is 6. The van der Waals surface area contributed by atoms with Crippen LogP contribution in [-0.2, 0) is 17.1 Å². The zero-order valence-corrected chi connectivity index (χ0v) is 37.8. The zero-order chi connectivity index (χ0) is 35.1. The normalized spacial score (nSPS) is 10.0. The Balaban J connectivity index is 0.000000926. The van der Waals surface area contributed by atoms with Crippen molar-refractivity contribution in [3.05, 3.63) is 89.6 Å². The number of imidazole rings is 2. The van der Waals surface area contributed by atoms with E-state index in [9.17, 15) is 9.59 Å². The molecule has 2 amide bonds. The molecule has 2 aromatic carbocycles. The Kier molecular flexibility index (Phi) is 26.2. The summed E-state index contributed by atoms with van der Waals surface area (Å²) in [6.07, 6.45) is 13.4. The predicted molar refractivity (Wildman–Crippen MR) is 204 cm³/mol. The molecule has 2 aromatic heterocycles. The van der Waals surface area contributed by atoms with Crippen molar-refractivity contribution in [1.82, 2.24) is 28.9 Å². The fourth-order valence-electron chi connectivity index (χ4n) is 4.22. The average molecular weight is 1090 g/mol. The van der Waals surface area contributed by atoms with Crippen LogP contribution in [0.3, 0.4) is 0 Å². The molecule has 285 valence electrons. The van der Waals surface area contributed by atoms with Crippen LogP contribution in [0.2, 0.25) is 10.0 Å². The number of amides is 2. The van der Waals surface area contributed by atoms with E-state index >= 15 is 0 Å². The average Bonchev–Trinajstić information content (AvgIpc) is 3.78. The van der Waals surface area contributed by atoms with Crippen LogP contribution < -0.4 is 34.3 Å². The zero-order valence-electron chi connectivity index (χ0n) is 27.5. The van der Waals surface area contributed by atoms with Crippen LogP contribution in [0, 0.1) is 0 Å². The number of nitrogens with zero attached hydrogens (tertiary/aromatic N) is 6. The summed E-state index contributed by atoms with van der Waals surface area (Å²) in [7, 11) is 0. The number of unbranched alkanes of at least 4 members (excludes halogenated alkanes) is 2. The summed E-state index contributed by atoms with van der Waals surface area (Å²) in [4.78, 5) is 36.4. The fourth-order valence-corrected chi connectivity index (χ4v) is 8.02. The minimum Gasteiger partial charge on any atom is -1.00 e. The Morgan fingerprint density at radius 2 is 1.00 bits per heavy atom. The van der Waals surface area contributed by atoms with Crippen molar-refractivity contribution in [2.24, 2.45) is 0 Å². The maximum atomic E-state index is 12.5. The first kappa shape index (κ1) is 50.0. The first-order valence-corrected chi connectivity index (χ1v) is 19.1. The minimum atomic E-state index is -0.0983. The molecular weight excluding hydrogens is 1060 g/mol. The van der Waals surface area contributed by atoms with E-state index in [0.29, 0.717) is 60.9 Å². The number of rotatable bonds is 14. The Hall–Kier alpha value is -1.00. The first-order chi connectivity index (χ1) is 23.0. The van der Waals surface area contributed by atoms with E-state index in [1.54, 1.807) is 58.9 Å². The monoisotopic (exact) mass is 1090 g/mol. The molecule has 2 heterocycles. The van der Waals surface area contributed by atoms with Gasteiger partial charge in [-0.3, -0.25) is 9.13 Å². The molecular formula is C32H36Br4Cl4CuN6O4. The molecule has 10 nitrogen and oxygen atoms in total. The molecule has 0 spiro atoms. The molecule has 0 atom stereocenters. The number of ether oxygens (including phenoxy) is 2. The molecule has 0 aliphatic rings. The molecule has 0 unspecified atom stereocenters. The summed E-state index contributed by atoms with van der Waals surface area (Å²) < 4.78 is 17.7. The number of aromatic nitrogens is 4. The molecule has 51 heavy (non-hydrogen) atoms. The molecule has 19 heteroatoms. The Morgan fingerprint density at radius 3 is 1.27 bits per heavy atom. The number of halogens is 8. The third kappa shape index (κ3) is 16.5.